The van der Waals surface area contributed by atoms with Gasteiger partial charge in [0.15, 0.2) is 5.82 Å². The zero-order chi connectivity index (χ0) is 17.1. The average molecular weight is 347 g/mol. The molecular weight excluding hydrogens is 326 g/mol. The maximum atomic E-state index is 12.2. The first-order valence-electron chi connectivity index (χ1n) is 7.78. The van der Waals surface area contributed by atoms with Crippen molar-refractivity contribution in [1.82, 2.24) is 15.3 Å². The van der Waals surface area contributed by atoms with E-state index in [-0.39, 0.29) is 6.03 Å². The first kappa shape index (κ1) is 16.7. The van der Waals surface area contributed by atoms with Crippen molar-refractivity contribution in [2.45, 2.75) is 26.5 Å². The first-order valence-corrected chi connectivity index (χ1v) is 8.59. The molecule has 1 aliphatic heterocycles. The summed E-state index contributed by atoms with van der Waals surface area (Å²) < 4.78 is 5.42. The van der Waals surface area contributed by atoms with Crippen molar-refractivity contribution in [3.8, 4) is 0 Å². The molecule has 0 radical (unpaired) electrons. The normalized spacial score (nSPS) is 13.3. The van der Waals surface area contributed by atoms with Gasteiger partial charge in [0.1, 0.15) is 5.01 Å². The summed E-state index contributed by atoms with van der Waals surface area (Å²) in [7, 11) is 3.79. The third-order valence-corrected chi connectivity index (χ3v) is 4.70. The second-order valence-corrected chi connectivity index (χ2v) is 6.97. The molecule has 0 saturated heterocycles. The molecule has 128 valence electrons. The van der Waals surface area contributed by atoms with Crippen LogP contribution in [0.25, 0.3) is 0 Å². The number of pyridine rings is 1. The van der Waals surface area contributed by atoms with Gasteiger partial charge in [0, 0.05) is 26.2 Å². The van der Waals surface area contributed by atoms with Gasteiger partial charge in [-0.05, 0) is 19.1 Å². The van der Waals surface area contributed by atoms with Crippen molar-refractivity contribution in [2.24, 2.45) is 0 Å². The molecule has 2 N–H and O–H groups in total. The van der Waals surface area contributed by atoms with E-state index < -0.39 is 0 Å². The highest BCUT2D eigenvalue weighted by atomic mass is 32.1. The summed E-state index contributed by atoms with van der Waals surface area (Å²) in [6.45, 7) is 3.67. The van der Waals surface area contributed by atoms with E-state index in [1.807, 2.05) is 38.1 Å². The maximum Gasteiger partial charge on any atom is 0.319 e. The summed E-state index contributed by atoms with van der Waals surface area (Å²) in [5.74, 6) is 0.729. The topological polar surface area (TPSA) is 79.4 Å². The van der Waals surface area contributed by atoms with E-state index in [4.69, 9.17) is 4.74 Å². The monoisotopic (exact) mass is 347 g/mol. The zero-order valence-corrected chi connectivity index (χ0v) is 14.9. The van der Waals surface area contributed by atoms with Gasteiger partial charge in [0.2, 0.25) is 0 Å². The van der Waals surface area contributed by atoms with Gasteiger partial charge in [-0.2, -0.15) is 0 Å². The largest absolute Gasteiger partial charge is 0.375 e. The van der Waals surface area contributed by atoms with E-state index in [0.29, 0.717) is 18.8 Å². The highest BCUT2D eigenvalue weighted by molar-refractivity contribution is 7.11. The lowest BCUT2D eigenvalue weighted by Gasteiger charge is -2.17. The van der Waals surface area contributed by atoms with Crippen molar-refractivity contribution < 1.29 is 9.53 Å². The fraction of sp³-hybridized carbons (Fsp3) is 0.438. The number of anilines is 2. The minimum absolute atomic E-state index is 0.270. The number of urea groups is 1. The van der Waals surface area contributed by atoms with E-state index in [2.05, 4.69) is 20.6 Å². The van der Waals surface area contributed by atoms with Crippen LogP contribution in [0.1, 0.15) is 21.3 Å². The quantitative estimate of drug-likeness (QED) is 0.887. The number of aryl methyl sites for hydroxylation is 1. The Morgan fingerprint density at radius 2 is 2.21 bits per heavy atom. The number of ether oxygens (including phenoxy) is 1. The summed E-state index contributed by atoms with van der Waals surface area (Å²) in [5.41, 5.74) is 2.68. The second kappa shape index (κ2) is 7.14. The number of hydrogen-bond donors (Lipinski definition) is 2. The number of nitrogens with one attached hydrogen (secondary N) is 2. The molecule has 0 aliphatic carbocycles. The van der Waals surface area contributed by atoms with Crippen molar-refractivity contribution in [2.75, 3.05) is 30.9 Å². The van der Waals surface area contributed by atoms with Crippen LogP contribution in [0.4, 0.5) is 16.3 Å². The number of fused-ring (bicyclic) bond motifs is 1. The molecule has 0 aromatic carbocycles. The molecule has 0 fully saturated rings. The summed E-state index contributed by atoms with van der Waals surface area (Å²) >= 11 is 1.59. The Morgan fingerprint density at radius 3 is 2.96 bits per heavy atom. The molecule has 0 saturated carbocycles. The number of carbonyl (C=O) groups is 1. The van der Waals surface area contributed by atoms with Gasteiger partial charge < -0.3 is 20.3 Å². The van der Waals surface area contributed by atoms with Gasteiger partial charge in [-0.3, -0.25) is 0 Å². The number of thiazole rings is 1. The Hall–Kier alpha value is -2.19. The molecule has 7 nitrogen and oxygen atoms in total. The van der Waals surface area contributed by atoms with Gasteiger partial charge in [-0.1, -0.05) is 0 Å². The van der Waals surface area contributed by atoms with Crippen LogP contribution in [0.5, 0.6) is 0 Å². The first-order chi connectivity index (χ1) is 11.5. The lowest BCUT2D eigenvalue weighted by atomic mass is 10.2. The van der Waals surface area contributed by atoms with Crippen molar-refractivity contribution >= 4 is 28.9 Å². The maximum absolute atomic E-state index is 12.2. The summed E-state index contributed by atoms with van der Waals surface area (Å²) in [6, 6.07) is 3.46. The van der Waals surface area contributed by atoms with E-state index in [9.17, 15) is 4.79 Å². The molecule has 0 unspecified atom stereocenters. The Labute approximate surface area is 145 Å². The Kier molecular flexibility index (Phi) is 4.96. The van der Waals surface area contributed by atoms with Gasteiger partial charge >= 0.3 is 6.03 Å². The van der Waals surface area contributed by atoms with Crippen molar-refractivity contribution in [3.63, 3.8) is 0 Å². The molecule has 0 bridgehead atoms. The third kappa shape index (κ3) is 3.82. The molecular formula is C16H21N5O2S. The summed E-state index contributed by atoms with van der Waals surface area (Å²) in [4.78, 5) is 24.2. The number of rotatable bonds is 4. The van der Waals surface area contributed by atoms with Crippen LogP contribution in [0.2, 0.25) is 0 Å². The van der Waals surface area contributed by atoms with Crippen LogP contribution in [-0.4, -0.2) is 36.7 Å². The second-order valence-electron chi connectivity index (χ2n) is 5.81. The molecule has 0 atom stereocenters. The number of amides is 2. The molecule has 0 spiro atoms. The SMILES string of the molecule is Cc1ccc(NC(=O)NCc2nc3c(s2)COCC3)c(N(C)C)n1. The van der Waals surface area contributed by atoms with Gasteiger partial charge in [-0.25, -0.2) is 14.8 Å². The Bertz CT molecular complexity index is 721. The van der Waals surface area contributed by atoms with Crippen LogP contribution in [0.3, 0.4) is 0 Å². The van der Waals surface area contributed by atoms with Crippen LogP contribution in [0.15, 0.2) is 12.1 Å². The molecule has 2 amide bonds. The smallest absolute Gasteiger partial charge is 0.319 e. The van der Waals surface area contributed by atoms with Crippen LogP contribution in [-0.2, 0) is 24.3 Å². The fourth-order valence-electron chi connectivity index (χ4n) is 2.46. The zero-order valence-electron chi connectivity index (χ0n) is 14.0. The average Bonchev–Trinajstić information content (AvgIpc) is 2.97. The highest BCUT2D eigenvalue weighted by Crippen LogP contribution is 2.24. The van der Waals surface area contributed by atoms with Gasteiger partial charge in [0.25, 0.3) is 0 Å². The van der Waals surface area contributed by atoms with Crippen LogP contribution < -0.4 is 15.5 Å². The van der Waals surface area contributed by atoms with E-state index in [1.165, 1.54) is 0 Å². The Morgan fingerprint density at radius 1 is 1.38 bits per heavy atom. The fourth-order valence-corrected chi connectivity index (χ4v) is 3.45. The summed E-state index contributed by atoms with van der Waals surface area (Å²) in [6.07, 6.45) is 0.846. The molecule has 2 aromatic rings. The minimum atomic E-state index is -0.270. The highest BCUT2D eigenvalue weighted by Gasteiger charge is 2.16. The lowest BCUT2D eigenvalue weighted by molar-refractivity contribution is 0.112. The molecule has 1 aliphatic rings. The van der Waals surface area contributed by atoms with Gasteiger partial charge in [-0.15, -0.1) is 11.3 Å². The Balaban J connectivity index is 1.61. The van der Waals surface area contributed by atoms with Crippen molar-refractivity contribution in [1.29, 1.82) is 0 Å². The van der Waals surface area contributed by atoms with E-state index in [0.717, 1.165) is 40.1 Å². The number of aromatic nitrogens is 2. The predicted molar refractivity (Wildman–Crippen MR) is 94.6 cm³/mol. The molecule has 24 heavy (non-hydrogen) atoms. The van der Waals surface area contributed by atoms with E-state index >= 15 is 0 Å². The van der Waals surface area contributed by atoms with E-state index in [1.54, 1.807) is 11.3 Å². The standard InChI is InChI=1S/C16H21N5O2S/c1-10-4-5-12(15(18-10)21(2)3)20-16(22)17-8-14-19-11-6-7-23-9-13(11)24-14/h4-5H,6-9H2,1-3H3,(H2,17,20,22). The number of nitrogens with zero attached hydrogens (tertiary/aromatic N) is 3. The molecule has 3 heterocycles. The molecule has 2 aromatic heterocycles. The number of hydrogen-bond acceptors (Lipinski definition) is 6. The molecule has 3 rings (SSSR count). The summed E-state index contributed by atoms with van der Waals surface area (Å²) in [5, 5.41) is 6.60. The van der Waals surface area contributed by atoms with Gasteiger partial charge in [0.05, 0.1) is 36.0 Å². The third-order valence-electron chi connectivity index (χ3n) is 3.63. The number of carbonyl (C=O) groups excluding carboxylic acids is 1. The lowest BCUT2D eigenvalue weighted by Crippen LogP contribution is -2.29. The van der Waals surface area contributed by atoms with Crippen LogP contribution in [0, 0.1) is 6.92 Å². The van der Waals surface area contributed by atoms with Crippen LogP contribution >= 0.6 is 11.3 Å². The molecule has 8 heteroatoms. The predicted octanol–water partition coefficient (Wildman–Crippen LogP) is 2.31. The minimum Gasteiger partial charge on any atom is -0.375 e. The van der Waals surface area contributed by atoms with Crippen molar-refractivity contribution in [3.05, 3.63) is 33.4 Å².